The number of amides is 1. The van der Waals surface area contributed by atoms with Crippen molar-refractivity contribution in [1.82, 2.24) is 9.88 Å². The maximum absolute atomic E-state index is 13.4. The Hall–Kier alpha value is -2.89. The summed E-state index contributed by atoms with van der Waals surface area (Å²) in [6.45, 7) is 7.14. The predicted octanol–water partition coefficient (Wildman–Crippen LogP) is 4.97. The smallest absolute Gasteiger partial charge is 0.314 e. The van der Waals surface area contributed by atoms with Crippen molar-refractivity contribution < 1.29 is 24.4 Å². The number of Topliss-reactive ketones (excluding diaryl/α,β-unsaturated/α-hetero) is 1. The van der Waals surface area contributed by atoms with Gasteiger partial charge in [0.25, 0.3) is 0 Å². The van der Waals surface area contributed by atoms with Crippen molar-refractivity contribution in [2.45, 2.75) is 71.3 Å². The van der Waals surface area contributed by atoms with Crippen LogP contribution in [0.1, 0.15) is 72.9 Å². The van der Waals surface area contributed by atoms with Crippen molar-refractivity contribution in [1.29, 1.82) is 0 Å². The maximum Gasteiger partial charge on any atom is 0.314 e. The van der Waals surface area contributed by atoms with E-state index in [4.69, 9.17) is 4.74 Å². The van der Waals surface area contributed by atoms with Gasteiger partial charge in [-0.05, 0) is 74.3 Å². The number of fused-ring (bicyclic) bond motifs is 5. The van der Waals surface area contributed by atoms with E-state index < -0.39 is 10.3 Å². The first kappa shape index (κ1) is 28.2. The van der Waals surface area contributed by atoms with Gasteiger partial charge in [0.2, 0.25) is 5.91 Å². The van der Waals surface area contributed by atoms with E-state index >= 15 is 0 Å². The topological polar surface area (TPSA) is 135 Å². The SMILES string of the molecule is Cc1cnc(NC(=O)CC[C@@H]2CC(=O)[C@@]3(C)CCC4c5cc(CN6CCOCC6)c(O)c([N+](=O)[O-])c5CCC4C23)s1. The highest BCUT2D eigenvalue weighted by Gasteiger charge is 2.59. The van der Waals surface area contributed by atoms with Crippen LogP contribution in [0, 0.1) is 40.2 Å². The molecule has 0 radical (unpaired) electrons. The number of ketones is 1. The lowest BCUT2D eigenvalue weighted by Gasteiger charge is -2.50. The molecule has 1 aromatic carbocycles. The van der Waals surface area contributed by atoms with Gasteiger partial charge in [-0.1, -0.05) is 6.92 Å². The highest BCUT2D eigenvalue weighted by Crippen LogP contribution is 2.63. The third-order valence-corrected chi connectivity index (χ3v) is 11.0. The van der Waals surface area contributed by atoms with Crippen LogP contribution in [0.25, 0.3) is 0 Å². The molecule has 2 aromatic rings. The van der Waals surface area contributed by atoms with Crippen molar-refractivity contribution in [2.75, 3.05) is 31.6 Å². The number of aromatic nitrogens is 1. The molecule has 2 saturated carbocycles. The van der Waals surface area contributed by atoms with Gasteiger partial charge in [0.15, 0.2) is 10.9 Å². The molecule has 1 amide bonds. The second-order valence-electron chi connectivity index (χ2n) is 12.5. The summed E-state index contributed by atoms with van der Waals surface area (Å²) in [5, 5.41) is 26.8. The van der Waals surface area contributed by atoms with Crippen LogP contribution in [0.5, 0.6) is 5.75 Å². The molecule has 41 heavy (non-hydrogen) atoms. The van der Waals surface area contributed by atoms with Gasteiger partial charge in [0, 0.05) is 60.1 Å². The van der Waals surface area contributed by atoms with Crippen LogP contribution in [0.3, 0.4) is 0 Å². The van der Waals surface area contributed by atoms with Gasteiger partial charge in [-0.3, -0.25) is 24.6 Å². The summed E-state index contributed by atoms with van der Waals surface area (Å²) in [5.74, 6) is 0.536. The second kappa shape index (κ2) is 11.1. The number of aromatic hydroxyl groups is 1. The average molecular weight is 583 g/mol. The molecule has 10 nitrogen and oxygen atoms in total. The summed E-state index contributed by atoms with van der Waals surface area (Å²) < 4.78 is 5.46. The minimum absolute atomic E-state index is 0.0828. The van der Waals surface area contributed by atoms with E-state index in [0.29, 0.717) is 61.7 Å². The third kappa shape index (κ3) is 5.17. The number of nitro groups is 1. The molecule has 4 aliphatic rings. The van der Waals surface area contributed by atoms with Crippen molar-refractivity contribution in [2.24, 2.45) is 23.2 Å². The van der Waals surface area contributed by atoms with E-state index in [2.05, 4.69) is 22.1 Å². The van der Waals surface area contributed by atoms with Crippen LogP contribution >= 0.6 is 11.3 Å². The molecule has 1 saturated heterocycles. The lowest BCUT2D eigenvalue weighted by atomic mass is 9.53. The third-order valence-electron chi connectivity index (χ3n) is 10.2. The summed E-state index contributed by atoms with van der Waals surface area (Å²) in [6, 6.07) is 2.02. The maximum atomic E-state index is 13.4. The van der Waals surface area contributed by atoms with E-state index in [0.717, 1.165) is 42.8 Å². The van der Waals surface area contributed by atoms with Gasteiger partial charge in [-0.15, -0.1) is 11.3 Å². The molecule has 1 aliphatic heterocycles. The van der Waals surface area contributed by atoms with Crippen LogP contribution in [-0.4, -0.2) is 57.9 Å². The van der Waals surface area contributed by atoms with Gasteiger partial charge < -0.3 is 15.2 Å². The summed E-state index contributed by atoms with van der Waals surface area (Å²) in [6.07, 6.45) is 5.98. The fourth-order valence-corrected chi connectivity index (χ4v) is 8.99. The number of benzene rings is 1. The van der Waals surface area contributed by atoms with E-state index in [9.17, 15) is 24.8 Å². The molecule has 3 unspecified atom stereocenters. The van der Waals surface area contributed by atoms with Crippen molar-refractivity contribution in [3.8, 4) is 5.75 Å². The molecule has 0 spiro atoms. The summed E-state index contributed by atoms with van der Waals surface area (Å²) >= 11 is 1.44. The Morgan fingerprint density at radius 2 is 2.12 bits per heavy atom. The zero-order valence-electron chi connectivity index (χ0n) is 23.7. The molecular formula is C30H38N4O6S. The second-order valence-corrected chi connectivity index (χ2v) is 13.7. The van der Waals surface area contributed by atoms with E-state index in [-0.39, 0.29) is 46.8 Å². The molecular weight excluding hydrogens is 544 g/mol. The zero-order chi connectivity index (χ0) is 28.9. The van der Waals surface area contributed by atoms with Crippen LogP contribution in [0.15, 0.2) is 12.3 Å². The summed E-state index contributed by atoms with van der Waals surface area (Å²) in [5.41, 5.74) is 1.66. The standard InChI is InChI=1S/C30H38N4O6S/c1-17-15-31-29(41-17)32-25(36)6-3-18-14-24(35)30(2)8-7-20-21(26(18)30)4-5-22-23(20)13-19(28(37)27(22)34(38)39)16-33-9-11-40-12-10-33/h13,15,18,20-21,26,37H,3-12,14,16H2,1-2H3,(H,31,32,36)/t18-,20?,21?,26?,30-/m1/s1. The minimum atomic E-state index is -0.425. The van der Waals surface area contributed by atoms with Gasteiger partial charge in [-0.25, -0.2) is 4.98 Å². The Kier molecular flexibility index (Phi) is 7.63. The zero-order valence-corrected chi connectivity index (χ0v) is 24.5. The number of nitrogens with zero attached hydrogens (tertiary/aromatic N) is 3. The lowest BCUT2D eigenvalue weighted by Crippen LogP contribution is -2.44. The molecule has 6 rings (SSSR count). The normalized spacial score (nSPS) is 29.5. The van der Waals surface area contributed by atoms with Crippen LogP contribution in [0.4, 0.5) is 10.8 Å². The number of carbonyl (C=O) groups excluding carboxylic acids is 2. The van der Waals surface area contributed by atoms with Crippen LogP contribution in [-0.2, 0) is 27.3 Å². The molecule has 11 heteroatoms. The number of carbonyl (C=O) groups is 2. The highest BCUT2D eigenvalue weighted by molar-refractivity contribution is 7.15. The monoisotopic (exact) mass is 582 g/mol. The van der Waals surface area contributed by atoms with Gasteiger partial charge >= 0.3 is 5.69 Å². The van der Waals surface area contributed by atoms with E-state index in [1.54, 1.807) is 6.20 Å². The van der Waals surface area contributed by atoms with E-state index in [1.807, 2.05) is 13.0 Å². The van der Waals surface area contributed by atoms with E-state index in [1.165, 1.54) is 11.3 Å². The van der Waals surface area contributed by atoms with Crippen molar-refractivity contribution >= 4 is 33.8 Å². The number of phenolic OH excluding ortho intramolecular Hbond substituents is 1. The number of nitrogens with one attached hydrogen (secondary N) is 1. The highest BCUT2D eigenvalue weighted by atomic mass is 32.1. The lowest BCUT2D eigenvalue weighted by molar-refractivity contribution is -0.386. The molecule has 3 aliphatic carbocycles. The predicted molar refractivity (Wildman–Crippen MR) is 154 cm³/mol. The van der Waals surface area contributed by atoms with Crippen LogP contribution < -0.4 is 5.32 Å². The Labute approximate surface area is 243 Å². The number of nitro benzene ring substituents is 1. The first-order valence-corrected chi connectivity index (χ1v) is 15.5. The first-order valence-electron chi connectivity index (χ1n) is 14.7. The first-order chi connectivity index (χ1) is 19.7. The number of rotatable bonds is 7. The molecule has 3 fully saturated rings. The molecule has 0 bridgehead atoms. The van der Waals surface area contributed by atoms with Gasteiger partial charge in [0.1, 0.15) is 5.78 Å². The fourth-order valence-electron chi connectivity index (χ4n) is 8.31. The average Bonchev–Trinajstić information content (AvgIpc) is 3.47. The Morgan fingerprint density at radius 3 is 2.83 bits per heavy atom. The van der Waals surface area contributed by atoms with Crippen molar-refractivity contribution in [3.63, 3.8) is 0 Å². The van der Waals surface area contributed by atoms with Gasteiger partial charge in [-0.2, -0.15) is 0 Å². The number of anilines is 1. The number of phenols is 1. The van der Waals surface area contributed by atoms with Crippen LogP contribution in [0.2, 0.25) is 0 Å². The number of hydrogen-bond donors (Lipinski definition) is 2. The number of morpholine rings is 1. The van der Waals surface area contributed by atoms with Crippen molar-refractivity contribution in [3.05, 3.63) is 43.9 Å². The number of ether oxygens (including phenoxy) is 1. The molecule has 5 atom stereocenters. The number of aryl methyl sites for hydroxylation is 1. The minimum Gasteiger partial charge on any atom is -0.502 e. The number of hydrogen-bond acceptors (Lipinski definition) is 9. The van der Waals surface area contributed by atoms with Gasteiger partial charge in [0.05, 0.1) is 18.1 Å². The molecule has 2 heterocycles. The largest absolute Gasteiger partial charge is 0.502 e. The number of thiazole rings is 1. The Bertz CT molecular complexity index is 1370. The Balaban J connectivity index is 1.27. The molecule has 220 valence electrons. The Morgan fingerprint density at radius 1 is 1.34 bits per heavy atom. The summed E-state index contributed by atoms with van der Waals surface area (Å²) in [4.78, 5) is 45.4. The molecule has 2 N–H and O–H groups in total. The molecule has 1 aromatic heterocycles. The fraction of sp³-hybridized carbons (Fsp3) is 0.633. The quantitative estimate of drug-likeness (QED) is 0.345. The summed E-state index contributed by atoms with van der Waals surface area (Å²) in [7, 11) is 0.